The Kier molecular flexibility index (Phi) is 4.49. The zero-order valence-corrected chi connectivity index (χ0v) is 9.14. The zero-order chi connectivity index (χ0) is 12.0. The Morgan fingerprint density at radius 1 is 1.62 bits per heavy atom. The molecule has 0 aliphatic heterocycles. The molecule has 0 aromatic heterocycles. The average molecular weight is 218 g/mol. The van der Waals surface area contributed by atoms with Crippen molar-refractivity contribution in [3.05, 3.63) is 35.4 Å². The summed E-state index contributed by atoms with van der Waals surface area (Å²) in [6.07, 6.45) is 0.748. The molecule has 1 aromatic carbocycles. The third-order valence-corrected chi connectivity index (χ3v) is 2.21. The number of ether oxygens (including phenoxy) is 1. The van der Waals surface area contributed by atoms with Gasteiger partial charge >= 0.3 is 5.97 Å². The van der Waals surface area contributed by atoms with Gasteiger partial charge < -0.3 is 10.5 Å². The first-order chi connectivity index (χ1) is 7.65. The number of carbonyl (C=O) groups excluding carboxylic acids is 1. The molecule has 2 N–H and O–H groups in total. The summed E-state index contributed by atoms with van der Waals surface area (Å²) in [6.45, 7) is 0. The Morgan fingerprint density at radius 2 is 2.38 bits per heavy atom. The smallest absolute Gasteiger partial charge is 0.307 e. The summed E-state index contributed by atoms with van der Waals surface area (Å²) in [6, 6.07) is 8.98. The van der Waals surface area contributed by atoms with Gasteiger partial charge in [0, 0.05) is 6.04 Å². The van der Waals surface area contributed by atoms with Crippen molar-refractivity contribution < 1.29 is 9.53 Å². The third-order valence-electron chi connectivity index (χ3n) is 2.21. The van der Waals surface area contributed by atoms with Crippen molar-refractivity contribution in [2.45, 2.75) is 18.9 Å². The van der Waals surface area contributed by atoms with Crippen LogP contribution < -0.4 is 5.73 Å². The van der Waals surface area contributed by atoms with Crippen LogP contribution >= 0.6 is 0 Å². The van der Waals surface area contributed by atoms with Gasteiger partial charge in [0.1, 0.15) is 0 Å². The van der Waals surface area contributed by atoms with Gasteiger partial charge in [-0.15, -0.1) is 0 Å². The molecule has 0 heterocycles. The standard InChI is InChI=1S/C12H14N2O2/c1-16-12(15)7-11(14)6-9-3-2-4-10(5-9)8-13/h2-5,11H,6-7,14H2,1H3/t11-/m0/s1. The molecule has 0 radical (unpaired) electrons. The molecule has 1 atom stereocenters. The summed E-state index contributed by atoms with van der Waals surface area (Å²) in [5, 5.41) is 8.72. The van der Waals surface area contributed by atoms with Gasteiger partial charge in [0.25, 0.3) is 0 Å². The number of hydrogen-bond acceptors (Lipinski definition) is 4. The lowest BCUT2D eigenvalue weighted by Crippen LogP contribution is -2.26. The van der Waals surface area contributed by atoms with Crippen LogP contribution in [0.25, 0.3) is 0 Å². The van der Waals surface area contributed by atoms with Crippen LogP contribution in [0.5, 0.6) is 0 Å². The van der Waals surface area contributed by atoms with Gasteiger partial charge in [-0.05, 0) is 24.1 Å². The maximum absolute atomic E-state index is 11.0. The molecule has 1 rings (SSSR count). The Labute approximate surface area is 94.6 Å². The van der Waals surface area contributed by atoms with E-state index in [1.54, 1.807) is 18.2 Å². The van der Waals surface area contributed by atoms with Crippen molar-refractivity contribution in [2.75, 3.05) is 7.11 Å². The molecule has 0 amide bonds. The lowest BCUT2D eigenvalue weighted by atomic mass is 10.0. The van der Waals surface area contributed by atoms with Crippen molar-refractivity contribution in [3.8, 4) is 6.07 Å². The van der Waals surface area contributed by atoms with E-state index in [0.29, 0.717) is 12.0 Å². The van der Waals surface area contributed by atoms with E-state index in [0.717, 1.165) is 5.56 Å². The summed E-state index contributed by atoms with van der Waals surface area (Å²) in [5.41, 5.74) is 7.34. The molecular weight excluding hydrogens is 204 g/mol. The summed E-state index contributed by atoms with van der Waals surface area (Å²) >= 11 is 0. The van der Waals surface area contributed by atoms with Gasteiger partial charge in [-0.25, -0.2) is 0 Å². The highest BCUT2D eigenvalue weighted by atomic mass is 16.5. The van der Waals surface area contributed by atoms with Crippen LogP contribution in [0.2, 0.25) is 0 Å². The first-order valence-electron chi connectivity index (χ1n) is 4.97. The number of methoxy groups -OCH3 is 1. The van der Waals surface area contributed by atoms with Crippen molar-refractivity contribution in [1.82, 2.24) is 0 Å². The lowest BCUT2D eigenvalue weighted by molar-refractivity contribution is -0.140. The molecule has 0 saturated carbocycles. The number of esters is 1. The summed E-state index contributed by atoms with van der Waals surface area (Å²) in [7, 11) is 1.34. The van der Waals surface area contributed by atoms with Crippen LogP contribution in [0, 0.1) is 11.3 Å². The normalized spacial score (nSPS) is 11.6. The molecule has 0 aliphatic carbocycles. The highest BCUT2D eigenvalue weighted by Crippen LogP contribution is 2.08. The highest BCUT2D eigenvalue weighted by Gasteiger charge is 2.10. The van der Waals surface area contributed by atoms with Gasteiger partial charge in [-0.2, -0.15) is 5.26 Å². The first kappa shape index (κ1) is 12.2. The highest BCUT2D eigenvalue weighted by molar-refractivity contribution is 5.69. The molecule has 0 aliphatic rings. The van der Waals surface area contributed by atoms with Crippen LogP contribution in [0.4, 0.5) is 0 Å². The molecule has 0 unspecified atom stereocenters. The first-order valence-corrected chi connectivity index (χ1v) is 4.97. The molecule has 4 heteroatoms. The minimum absolute atomic E-state index is 0.188. The zero-order valence-electron chi connectivity index (χ0n) is 9.14. The van der Waals surface area contributed by atoms with Crippen LogP contribution in [0.3, 0.4) is 0 Å². The number of rotatable bonds is 4. The lowest BCUT2D eigenvalue weighted by Gasteiger charge is -2.10. The van der Waals surface area contributed by atoms with E-state index < -0.39 is 0 Å². The minimum Gasteiger partial charge on any atom is -0.469 e. The number of carbonyl (C=O) groups is 1. The molecule has 0 saturated heterocycles. The second-order valence-corrected chi connectivity index (χ2v) is 3.56. The number of nitrogens with zero attached hydrogens (tertiary/aromatic N) is 1. The third kappa shape index (κ3) is 3.71. The van der Waals surface area contributed by atoms with E-state index in [2.05, 4.69) is 10.8 Å². The summed E-state index contributed by atoms with van der Waals surface area (Å²) in [4.78, 5) is 11.0. The van der Waals surface area contributed by atoms with Crippen molar-refractivity contribution in [3.63, 3.8) is 0 Å². The number of nitrogens with two attached hydrogens (primary N) is 1. The van der Waals surface area contributed by atoms with Gasteiger partial charge in [-0.3, -0.25) is 4.79 Å². The summed E-state index contributed by atoms with van der Waals surface area (Å²) < 4.78 is 4.53. The van der Waals surface area contributed by atoms with Crippen LogP contribution in [-0.2, 0) is 16.0 Å². The molecule has 84 valence electrons. The summed E-state index contributed by atoms with van der Waals surface area (Å²) in [5.74, 6) is -0.316. The second-order valence-electron chi connectivity index (χ2n) is 3.56. The Bertz CT molecular complexity index is 410. The van der Waals surface area contributed by atoms with E-state index in [9.17, 15) is 4.79 Å². The predicted molar refractivity (Wildman–Crippen MR) is 59.5 cm³/mol. The molecule has 4 nitrogen and oxygen atoms in total. The van der Waals surface area contributed by atoms with E-state index in [-0.39, 0.29) is 18.4 Å². The molecule has 0 spiro atoms. The fourth-order valence-corrected chi connectivity index (χ4v) is 1.44. The fraction of sp³-hybridized carbons (Fsp3) is 0.333. The maximum atomic E-state index is 11.0. The van der Waals surface area contributed by atoms with Crippen molar-refractivity contribution >= 4 is 5.97 Å². The van der Waals surface area contributed by atoms with E-state index in [1.807, 2.05) is 6.07 Å². The van der Waals surface area contributed by atoms with Crippen LogP contribution in [0.1, 0.15) is 17.5 Å². The number of nitriles is 1. The molecule has 0 bridgehead atoms. The molecule has 1 aromatic rings. The fourth-order valence-electron chi connectivity index (χ4n) is 1.44. The van der Waals surface area contributed by atoms with Crippen LogP contribution in [-0.4, -0.2) is 19.1 Å². The predicted octanol–water partition coefficient (Wildman–Crippen LogP) is 0.991. The number of hydrogen-bond donors (Lipinski definition) is 1. The minimum atomic E-state index is -0.316. The van der Waals surface area contributed by atoms with E-state index >= 15 is 0 Å². The Balaban J connectivity index is 2.59. The van der Waals surface area contributed by atoms with Gasteiger partial charge in [0.05, 0.1) is 25.2 Å². The SMILES string of the molecule is COC(=O)C[C@@H](N)Cc1cccc(C#N)c1. The molecule has 0 fully saturated rings. The maximum Gasteiger partial charge on any atom is 0.307 e. The van der Waals surface area contributed by atoms with E-state index in [1.165, 1.54) is 7.11 Å². The van der Waals surface area contributed by atoms with Gasteiger partial charge in [-0.1, -0.05) is 12.1 Å². The largest absolute Gasteiger partial charge is 0.469 e. The van der Waals surface area contributed by atoms with E-state index in [4.69, 9.17) is 11.0 Å². The van der Waals surface area contributed by atoms with Crippen LogP contribution in [0.15, 0.2) is 24.3 Å². The molecule has 16 heavy (non-hydrogen) atoms. The molecular formula is C12H14N2O2. The Hall–Kier alpha value is -1.86. The van der Waals surface area contributed by atoms with Gasteiger partial charge in [0.2, 0.25) is 0 Å². The topological polar surface area (TPSA) is 76.1 Å². The second kappa shape index (κ2) is 5.89. The number of benzene rings is 1. The van der Waals surface area contributed by atoms with Crippen molar-refractivity contribution in [1.29, 1.82) is 5.26 Å². The Morgan fingerprint density at radius 3 is 3.00 bits per heavy atom. The quantitative estimate of drug-likeness (QED) is 0.764. The average Bonchev–Trinajstić information content (AvgIpc) is 2.28. The van der Waals surface area contributed by atoms with Gasteiger partial charge in [0.15, 0.2) is 0 Å². The monoisotopic (exact) mass is 218 g/mol. The van der Waals surface area contributed by atoms with Crippen molar-refractivity contribution in [2.24, 2.45) is 5.73 Å².